The molecular formula is C56H49BN2. The third-order valence-electron chi connectivity index (χ3n) is 16.3. The summed E-state index contributed by atoms with van der Waals surface area (Å²) in [7, 11) is 0. The molecule has 3 heteroatoms. The minimum atomic E-state index is -0.453. The molecule has 13 rings (SSSR count). The fourth-order valence-electron chi connectivity index (χ4n) is 13.4. The molecule has 2 atom stereocenters. The van der Waals surface area contributed by atoms with Gasteiger partial charge in [-0.15, -0.1) is 0 Å². The molecule has 4 heterocycles. The highest BCUT2D eigenvalue weighted by molar-refractivity contribution is 6.93. The summed E-state index contributed by atoms with van der Waals surface area (Å²) in [6.45, 7) is 14.8. The molecular weight excluding hydrogens is 711 g/mol. The highest BCUT2D eigenvalue weighted by Crippen LogP contribution is 2.67. The van der Waals surface area contributed by atoms with Crippen LogP contribution in [0.2, 0.25) is 0 Å². The first-order valence-electron chi connectivity index (χ1n) is 22.0. The van der Waals surface area contributed by atoms with Gasteiger partial charge in [0, 0.05) is 33.7 Å². The number of hydrogen-bond donors (Lipinski definition) is 0. The van der Waals surface area contributed by atoms with Gasteiger partial charge in [-0.25, -0.2) is 0 Å². The molecule has 4 aliphatic heterocycles. The smallest absolute Gasteiger partial charge is 0.333 e. The van der Waals surface area contributed by atoms with E-state index in [-0.39, 0.29) is 23.2 Å². The maximum absolute atomic E-state index is 2.90. The van der Waals surface area contributed by atoms with Crippen molar-refractivity contribution in [1.82, 2.24) is 0 Å². The third-order valence-corrected chi connectivity index (χ3v) is 16.3. The maximum Gasteiger partial charge on any atom is 0.333 e. The summed E-state index contributed by atoms with van der Waals surface area (Å²) >= 11 is 0. The summed E-state index contributed by atoms with van der Waals surface area (Å²) in [4.78, 5) is 5.72. The van der Waals surface area contributed by atoms with Crippen LogP contribution in [0.4, 0.5) is 22.7 Å². The molecule has 0 saturated heterocycles. The van der Waals surface area contributed by atoms with E-state index in [1.807, 2.05) is 0 Å². The van der Waals surface area contributed by atoms with E-state index in [0.29, 0.717) is 0 Å². The van der Waals surface area contributed by atoms with Gasteiger partial charge in [-0.2, -0.15) is 0 Å². The molecule has 0 N–H and O–H groups in total. The molecule has 59 heavy (non-hydrogen) atoms. The summed E-state index contributed by atoms with van der Waals surface area (Å²) in [6, 6.07) is 54.7. The van der Waals surface area contributed by atoms with Crippen molar-refractivity contribution in [2.24, 2.45) is 0 Å². The van der Waals surface area contributed by atoms with Gasteiger partial charge in [-0.1, -0.05) is 162 Å². The summed E-state index contributed by atoms with van der Waals surface area (Å²) in [5.74, 6) is 0. The molecule has 6 aliphatic rings. The topological polar surface area (TPSA) is 6.48 Å². The third kappa shape index (κ3) is 3.88. The fourth-order valence-corrected chi connectivity index (χ4v) is 13.4. The van der Waals surface area contributed by atoms with Gasteiger partial charge in [-0.05, 0) is 128 Å². The SMILES string of the molecule is Cc1ccccc1-c1cc2c3c(c1)N1c4c(cc(C(C)(C)C)cc4C4(C)CCCCC14C)B3N1c3ccccc3C3(c4ccccc4-c4ccccc43)c3cccc-2c31. The number of fused-ring (bicyclic) bond motifs is 16. The summed E-state index contributed by atoms with van der Waals surface area (Å²) < 4.78 is 0. The molecule has 0 aromatic heterocycles. The van der Waals surface area contributed by atoms with Crippen LogP contribution in [-0.4, -0.2) is 12.4 Å². The van der Waals surface area contributed by atoms with Gasteiger partial charge in [0.05, 0.1) is 11.0 Å². The van der Waals surface area contributed by atoms with Crippen molar-refractivity contribution in [3.63, 3.8) is 0 Å². The van der Waals surface area contributed by atoms with Gasteiger partial charge in [0.2, 0.25) is 0 Å². The Morgan fingerprint density at radius 1 is 0.542 bits per heavy atom. The average Bonchev–Trinajstić information content (AvgIpc) is 3.65. The minimum Gasteiger partial charge on any atom is -0.376 e. The number of aryl methyl sites for hydroxylation is 1. The average molecular weight is 761 g/mol. The van der Waals surface area contributed by atoms with Crippen LogP contribution in [0.25, 0.3) is 33.4 Å². The zero-order valence-electron chi connectivity index (χ0n) is 35.1. The normalized spacial score (nSPS) is 21.6. The summed E-state index contributed by atoms with van der Waals surface area (Å²) in [5.41, 5.74) is 25.9. The molecule has 7 aromatic carbocycles. The molecule has 0 amide bonds. The molecule has 286 valence electrons. The Hall–Kier alpha value is -5.80. The second-order valence-electron chi connectivity index (χ2n) is 20.0. The number of para-hydroxylation sites is 2. The molecule has 1 fully saturated rings. The van der Waals surface area contributed by atoms with Gasteiger partial charge in [-0.3, -0.25) is 0 Å². The van der Waals surface area contributed by atoms with Crippen LogP contribution in [0.5, 0.6) is 0 Å². The predicted octanol–water partition coefficient (Wildman–Crippen LogP) is 12.6. The van der Waals surface area contributed by atoms with Crippen LogP contribution < -0.4 is 20.6 Å². The van der Waals surface area contributed by atoms with E-state index in [2.05, 4.69) is 191 Å². The Bertz CT molecular complexity index is 2980. The Labute approximate surface area is 349 Å². The van der Waals surface area contributed by atoms with Crippen molar-refractivity contribution in [3.8, 4) is 33.4 Å². The van der Waals surface area contributed by atoms with Gasteiger partial charge in [0.1, 0.15) is 0 Å². The van der Waals surface area contributed by atoms with Gasteiger partial charge in [0.15, 0.2) is 0 Å². The van der Waals surface area contributed by atoms with Crippen LogP contribution in [0.15, 0.2) is 140 Å². The highest BCUT2D eigenvalue weighted by atomic mass is 15.3. The van der Waals surface area contributed by atoms with Crippen LogP contribution >= 0.6 is 0 Å². The second-order valence-corrected chi connectivity index (χ2v) is 20.0. The lowest BCUT2D eigenvalue weighted by Gasteiger charge is -2.55. The number of hydrogen-bond acceptors (Lipinski definition) is 2. The first-order chi connectivity index (χ1) is 28.6. The van der Waals surface area contributed by atoms with Crippen molar-refractivity contribution in [3.05, 3.63) is 178 Å². The lowest BCUT2D eigenvalue weighted by molar-refractivity contribution is 0.195. The van der Waals surface area contributed by atoms with Crippen molar-refractivity contribution in [2.75, 3.05) is 9.71 Å². The van der Waals surface area contributed by atoms with Crippen LogP contribution in [0, 0.1) is 6.92 Å². The molecule has 1 saturated carbocycles. The first kappa shape index (κ1) is 34.1. The van der Waals surface area contributed by atoms with Gasteiger partial charge in [0.25, 0.3) is 0 Å². The summed E-state index contributed by atoms with van der Waals surface area (Å²) in [5, 5.41) is 0. The fraction of sp³-hybridized carbons (Fsp3) is 0.250. The number of anilines is 4. The Balaban J connectivity index is 1.22. The largest absolute Gasteiger partial charge is 0.376 e. The lowest BCUT2D eigenvalue weighted by Crippen LogP contribution is -2.65. The number of rotatable bonds is 1. The van der Waals surface area contributed by atoms with E-state index in [0.717, 1.165) is 0 Å². The predicted molar refractivity (Wildman–Crippen MR) is 248 cm³/mol. The van der Waals surface area contributed by atoms with Gasteiger partial charge < -0.3 is 9.71 Å². The molecule has 2 nitrogen and oxygen atoms in total. The summed E-state index contributed by atoms with van der Waals surface area (Å²) in [6.07, 6.45) is 4.93. The van der Waals surface area contributed by atoms with Crippen molar-refractivity contribution >= 4 is 40.5 Å². The van der Waals surface area contributed by atoms with Crippen LogP contribution in [0.1, 0.15) is 99.2 Å². The number of nitrogens with zero attached hydrogens (tertiary/aromatic N) is 2. The van der Waals surface area contributed by atoms with Gasteiger partial charge >= 0.3 is 6.85 Å². The van der Waals surface area contributed by atoms with Crippen LogP contribution in [0.3, 0.4) is 0 Å². The zero-order valence-corrected chi connectivity index (χ0v) is 35.1. The van der Waals surface area contributed by atoms with Crippen LogP contribution in [-0.2, 0) is 16.2 Å². The van der Waals surface area contributed by atoms with Crippen molar-refractivity contribution in [1.29, 1.82) is 0 Å². The Kier molecular flexibility index (Phi) is 6.40. The van der Waals surface area contributed by atoms with E-state index >= 15 is 0 Å². The monoisotopic (exact) mass is 760 g/mol. The molecule has 1 spiro atoms. The molecule has 2 unspecified atom stereocenters. The minimum absolute atomic E-state index is 0.00293. The van der Waals surface area contributed by atoms with E-state index in [1.54, 1.807) is 5.56 Å². The van der Waals surface area contributed by atoms with Crippen molar-refractivity contribution < 1.29 is 0 Å². The molecule has 0 radical (unpaired) electrons. The second kappa shape index (κ2) is 11.1. The quantitative estimate of drug-likeness (QED) is 0.154. The maximum atomic E-state index is 2.90. The lowest BCUT2D eigenvalue weighted by atomic mass is 9.41. The van der Waals surface area contributed by atoms with E-state index in [4.69, 9.17) is 0 Å². The first-order valence-corrected chi connectivity index (χ1v) is 22.0. The van der Waals surface area contributed by atoms with Crippen molar-refractivity contribution in [2.45, 2.75) is 89.0 Å². The zero-order chi connectivity index (χ0) is 39.8. The Morgan fingerprint density at radius 2 is 1.17 bits per heavy atom. The molecule has 2 aliphatic carbocycles. The molecule has 0 bridgehead atoms. The number of benzene rings is 7. The standard InChI is InChI=1S/C56H49BN2/c1-34-18-7-8-19-37(34)35-30-41-40-22-17-26-45-51(40)59(48-27-14-13-25-44(48)56(45)42-23-11-9-20-38(42)39-21-10-12-24-43(39)56)57-47-33-36(53(2,3)4)32-46-52(47)58(49(31-35)50(41)57)55(6)29-16-15-28-54(46,55)5/h7-14,17-27,30-33H,15-16,28-29H2,1-6H3. The highest BCUT2D eigenvalue weighted by Gasteiger charge is 2.63. The Morgan fingerprint density at radius 3 is 1.90 bits per heavy atom. The van der Waals surface area contributed by atoms with E-state index in [1.165, 1.54) is 126 Å². The van der Waals surface area contributed by atoms with E-state index in [9.17, 15) is 0 Å². The van der Waals surface area contributed by atoms with E-state index < -0.39 is 5.41 Å². The molecule has 7 aromatic rings.